The van der Waals surface area contributed by atoms with Gasteiger partial charge in [-0.1, -0.05) is 23.2 Å². The van der Waals surface area contributed by atoms with Crippen LogP contribution in [0.4, 0.5) is 0 Å². The number of carbonyl (C=O) groups excluding carboxylic acids is 2. The number of hydrogen-bond acceptors (Lipinski definition) is 5. The van der Waals surface area contributed by atoms with E-state index >= 15 is 0 Å². The van der Waals surface area contributed by atoms with Crippen molar-refractivity contribution in [2.45, 2.75) is 27.7 Å². The zero-order valence-electron chi connectivity index (χ0n) is 14.7. The maximum absolute atomic E-state index is 12.1. The molecule has 0 atom stereocenters. The normalized spacial score (nSPS) is 10.4. The van der Waals surface area contributed by atoms with Gasteiger partial charge in [-0.05, 0) is 51.5 Å². The Morgan fingerprint density at radius 2 is 1.68 bits per heavy atom. The van der Waals surface area contributed by atoms with E-state index in [9.17, 15) is 9.59 Å². The summed E-state index contributed by atoms with van der Waals surface area (Å²) < 4.78 is 9.88. The van der Waals surface area contributed by atoms with Gasteiger partial charge in [-0.15, -0.1) is 0 Å². The number of nitrogens with zero attached hydrogens (tertiary/aromatic N) is 1. The van der Waals surface area contributed by atoms with Gasteiger partial charge in [0.15, 0.2) is 0 Å². The molecule has 0 spiro atoms. The van der Waals surface area contributed by atoms with Gasteiger partial charge in [0.1, 0.15) is 10.7 Å². The molecule has 0 fully saturated rings. The number of rotatable bonds is 5. The van der Waals surface area contributed by atoms with Gasteiger partial charge in [0.05, 0.1) is 18.7 Å². The van der Waals surface area contributed by atoms with Crippen LogP contribution in [0.2, 0.25) is 5.15 Å². The number of halogens is 1. The third-order valence-corrected chi connectivity index (χ3v) is 3.83. The Kier molecular flexibility index (Phi) is 6.15. The molecule has 1 aromatic carbocycles. The Hall–Kier alpha value is -2.40. The molecule has 0 aliphatic rings. The topological polar surface area (TPSA) is 65.5 Å². The molecule has 1 heterocycles. The number of fused-ring (bicyclic) bond motifs is 1. The number of aromatic nitrogens is 1. The standard InChI is InChI=1S/C19H20ClNO4/c1-5-24-18(22)15(19(23)25-6-2)10-14-9-13-8-11(3)7-12(4)16(13)21-17(14)20/h7-10H,5-6H2,1-4H3. The van der Waals surface area contributed by atoms with E-state index in [1.54, 1.807) is 19.9 Å². The van der Waals surface area contributed by atoms with Crippen LogP contribution in [-0.4, -0.2) is 30.1 Å². The Bertz CT molecular complexity index is 838. The monoisotopic (exact) mass is 361 g/mol. The van der Waals surface area contributed by atoms with Gasteiger partial charge in [0.25, 0.3) is 0 Å². The van der Waals surface area contributed by atoms with Gasteiger partial charge in [-0.3, -0.25) is 0 Å². The van der Waals surface area contributed by atoms with Gasteiger partial charge in [0, 0.05) is 10.9 Å². The van der Waals surface area contributed by atoms with Crippen LogP contribution in [0.25, 0.3) is 17.0 Å². The van der Waals surface area contributed by atoms with Crippen molar-refractivity contribution >= 4 is 40.5 Å². The molecule has 1 aromatic heterocycles. The summed E-state index contributed by atoms with van der Waals surface area (Å²) in [6.45, 7) is 7.57. The van der Waals surface area contributed by atoms with Crippen molar-refractivity contribution in [3.05, 3.63) is 45.6 Å². The summed E-state index contributed by atoms with van der Waals surface area (Å²) in [5.41, 5.74) is 3.11. The van der Waals surface area contributed by atoms with Crippen LogP contribution >= 0.6 is 11.6 Å². The summed E-state index contributed by atoms with van der Waals surface area (Å²) >= 11 is 6.26. The molecule has 0 saturated heterocycles. The second kappa shape index (κ2) is 8.12. The fourth-order valence-electron chi connectivity index (χ4n) is 2.52. The average molecular weight is 362 g/mol. The van der Waals surface area contributed by atoms with Crippen molar-refractivity contribution in [1.82, 2.24) is 4.98 Å². The highest BCUT2D eigenvalue weighted by Gasteiger charge is 2.22. The fraction of sp³-hybridized carbons (Fsp3) is 0.316. The van der Waals surface area contributed by atoms with Crippen LogP contribution in [0.1, 0.15) is 30.5 Å². The fourth-order valence-corrected chi connectivity index (χ4v) is 2.71. The van der Waals surface area contributed by atoms with Crippen molar-refractivity contribution in [2.24, 2.45) is 0 Å². The van der Waals surface area contributed by atoms with E-state index in [0.29, 0.717) is 5.56 Å². The van der Waals surface area contributed by atoms with Crippen LogP contribution < -0.4 is 0 Å². The zero-order valence-corrected chi connectivity index (χ0v) is 15.4. The van der Waals surface area contributed by atoms with Gasteiger partial charge < -0.3 is 9.47 Å². The third-order valence-electron chi connectivity index (χ3n) is 3.52. The van der Waals surface area contributed by atoms with Gasteiger partial charge in [0.2, 0.25) is 0 Å². The first-order chi connectivity index (χ1) is 11.9. The Morgan fingerprint density at radius 3 is 2.24 bits per heavy atom. The summed E-state index contributed by atoms with van der Waals surface area (Å²) in [5.74, 6) is -1.50. The van der Waals surface area contributed by atoms with Crippen LogP contribution in [0.5, 0.6) is 0 Å². The Labute approximate surface area is 151 Å². The Balaban J connectivity index is 2.59. The molecular weight excluding hydrogens is 342 g/mol. The molecule has 0 unspecified atom stereocenters. The highest BCUT2D eigenvalue weighted by Crippen LogP contribution is 2.26. The lowest BCUT2D eigenvalue weighted by atomic mass is 10.0. The average Bonchev–Trinajstić information content (AvgIpc) is 2.54. The molecule has 2 aromatic rings. The molecule has 5 nitrogen and oxygen atoms in total. The second-order valence-electron chi connectivity index (χ2n) is 5.52. The molecule has 0 radical (unpaired) electrons. The molecule has 2 rings (SSSR count). The summed E-state index contributed by atoms with van der Waals surface area (Å²) in [7, 11) is 0. The van der Waals surface area contributed by atoms with Crippen LogP contribution in [-0.2, 0) is 19.1 Å². The van der Waals surface area contributed by atoms with Crippen LogP contribution in [0.15, 0.2) is 23.8 Å². The molecule has 0 N–H and O–H groups in total. The van der Waals surface area contributed by atoms with E-state index in [1.165, 1.54) is 6.08 Å². The van der Waals surface area contributed by atoms with E-state index in [0.717, 1.165) is 22.0 Å². The first-order valence-corrected chi connectivity index (χ1v) is 8.38. The summed E-state index contributed by atoms with van der Waals surface area (Å²) in [6, 6.07) is 5.78. The van der Waals surface area contributed by atoms with Gasteiger partial charge >= 0.3 is 11.9 Å². The van der Waals surface area contributed by atoms with E-state index in [4.69, 9.17) is 21.1 Å². The number of carbonyl (C=O) groups is 2. The maximum Gasteiger partial charge on any atom is 0.345 e. The van der Waals surface area contributed by atoms with Gasteiger partial charge in [-0.25, -0.2) is 14.6 Å². The van der Waals surface area contributed by atoms with Crippen molar-refractivity contribution < 1.29 is 19.1 Å². The largest absolute Gasteiger partial charge is 0.462 e. The lowest BCUT2D eigenvalue weighted by Gasteiger charge is -2.09. The number of esters is 2. The highest BCUT2D eigenvalue weighted by atomic mass is 35.5. The second-order valence-corrected chi connectivity index (χ2v) is 5.88. The van der Waals surface area contributed by atoms with Crippen LogP contribution in [0, 0.1) is 13.8 Å². The predicted molar refractivity (Wildman–Crippen MR) is 97.5 cm³/mol. The highest BCUT2D eigenvalue weighted by molar-refractivity contribution is 6.32. The molecule has 0 amide bonds. The molecule has 0 aliphatic heterocycles. The molecular formula is C19H20ClNO4. The first-order valence-electron chi connectivity index (χ1n) is 8.00. The minimum absolute atomic E-state index is 0.150. The van der Waals surface area contributed by atoms with Gasteiger partial charge in [-0.2, -0.15) is 0 Å². The van der Waals surface area contributed by atoms with Crippen molar-refractivity contribution in [2.75, 3.05) is 13.2 Å². The summed E-state index contributed by atoms with van der Waals surface area (Å²) in [6.07, 6.45) is 1.36. The van der Waals surface area contributed by atoms with Crippen LogP contribution in [0.3, 0.4) is 0 Å². The van der Waals surface area contributed by atoms with Crippen molar-refractivity contribution in [3.8, 4) is 0 Å². The van der Waals surface area contributed by atoms with E-state index in [2.05, 4.69) is 4.98 Å². The lowest BCUT2D eigenvalue weighted by molar-refractivity contribution is -0.146. The predicted octanol–water partition coefficient (Wildman–Crippen LogP) is 4.01. The van der Waals surface area contributed by atoms with Crippen molar-refractivity contribution in [3.63, 3.8) is 0 Å². The molecule has 0 saturated carbocycles. The number of aryl methyl sites for hydroxylation is 2. The minimum Gasteiger partial charge on any atom is -0.462 e. The number of pyridine rings is 1. The lowest BCUT2D eigenvalue weighted by Crippen LogP contribution is -2.18. The SMILES string of the molecule is CCOC(=O)C(=Cc1cc2cc(C)cc(C)c2nc1Cl)C(=O)OCC. The van der Waals surface area contributed by atoms with E-state index in [1.807, 2.05) is 26.0 Å². The third kappa shape index (κ3) is 4.37. The molecule has 6 heteroatoms. The number of ether oxygens (including phenoxy) is 2. The molecule has 132 valence electrons. The molecule has 0 aliphatic carbocycles. The van der Waals surface area contributed by atoms with Crippen molar-refractivity contribution in [1.29, 1.82) is 0 Å². The Morgan fingerprint density at radius 1 is 1.08 bits per heavy atom. The zero-order chi connectivity index (χ0) is 18.6. The summed E-state index contributed by atoms with van der Waals surface area (Å²) in [4.78, 5) is 28.6. The molecule has 0 bridgehead atoms. The maximum atomic E-state index is 12.1. The number of benzene rings is 1. The quantitative estimate of drug-likeness (QED) is 0.264. The first kappa shape index (κ1) is 18.9. The molecule has 25 heavy (non-hydrogen) atoms. The summed E-state index contributed by atoms with van der Waals surface area (Å²) in [5, 5.41) is 1.07. The van der Waals surface area contributed by atoms with E-state index < -0.39 is 11.9 Å². The minimum atomic E-state index is -0.752. The number of hydrogen-bond donors (Lipinski definition) is 0. The smallest absolute Gasteiger partial charge is 0.345 e. The van der Waals surface area contributed by atoms with E-state index in [-0.39, 0.29) is 23.9 Å².